The molecule has 0 atom stereocenters. The highest BCUT2D eigenvalue weighted by atomic mass is 32.2. The fraction of sp³-hybridized carbons (Fsp3) is 0.118. The molecule has 0 spiro atoms. The first-order valence-electron chi connectivity index (χ1n) is 7.46. The van der Waals surface area contributed by atoms with Gasteiger partial charge in [0.25, 0.3) is 0 Å². The summed E-state index contributed by atoms with van der Waals surface area (Å²) in [6.07, 6.45) is -2.17. The van der Waals surface area contributed by atoms with Crippen molar-refractivity contribution in [2.24, 2.45) is 5.14 Å². The monoisotopic (exact) mass is 381 g/mol. The summed E-state index contributed by atoms with van der Waals surface area (Å²) in [7, 11) is -3.81. The van der Waals surface area contributed by atoms with Crippen LogP contribution in [0, 0.1) is 0 Å². The maximum absolute atomic E-state index is 12.6. The number of nitrogens with zero attached hydrogens (tertiary/aromatic N) is 2. The third-order valence-electron chi connectivity index (χ3n) is 3.67. The minimum Gasteiger partial charge on any atom is -0.300 e. The van der Waals surface area contributed by atoms with Gasteiger partial charge in [-0.3, -0.25) is 4.57 Å². The SMILES string of the molecule is NS(=O)(=O)c1ccc(-n2ccnc2-c2cccc(CC(F)(F)F)c2)cc1. The first-order valence-corrected chi connectivity index (χ1v) is 9.01. The van der Waals surface area contributed by atoms with Crippen LogP contribution in [-0.4, -0.2) is 24.1 Å². The lowest BCUT2D eigenvalue weighted by Gasteiger charge is -2.11. The standard InChI is InChI=1S/C17H14F3N3O2S/c18-17(19,20)11-12-2-1-3-13(10-12)16-22-8-9-23(16)14-4-6-15(7-5-14)26(21,24)25/h1-10H,11H2,(H2,21,24,25). The van der Waals surface area contributed by atoms with Crippen molar-refractivity contribution in [3.63, 3.8) is 0 Å². The third-order valence-corrected chi connectivity index (χ3v) is 4.60. The van der Waals surface area contributed by atoms with Crippen LogP contribution in [0.2, 0.25) is 0 Å². The van der Waals surface area contributed by atoms with Crippen molar-refractivity contribution in [3.05, 3.63) is 66.5 Å². The van der Waals surface area contributed by atoms with E-state index in [4.69, 9.17) is 5.14 Å². The average molecular weight is 381 g/mol. The molecule has 9 heteroatoms. The van der Waals surface area contributed by atoms with Gasteiger partial charge in [0.1, 0.15) is 5.82 Å². The van der Waals surface area contributed by atoms with Gasteiger partial charge >= 0.3 is 6.18 Å². The fourth-order valence-electron chi connectivity index (χ4n) is 2.57. The van der Waals surface area contributed by atoms with Crippen LogP contribution in [0.4, 0.5) is 13.2 Å². The van der Waals surface area contributed by atoms with Gasteiger partial charge in [-0.25, -0.2) is 18.5 Å². The van der Waals surface area contributed by atoms with Crippen molar-refractivity contribution < 1.29 is 21.6 Å². The molecule has 2 N–H and O–H groups in total. The summed E-state index contributed by atoms with van der Waals surface area (Å²) in [5, 5.41) is 5.07. The van der Waals surface area contributed by atoms with E-state index in [1.54, 1.807) is 35.0 Å². The summed E-state index contributed by atoms with van der Waals surface area (Å²) in [6.45, 7) is 0. The quantitative estimate of drug-likeness (QED) is 0.753. The van der Waals surface area contributed by atoms with Crippen LogP contribution in [0.3, 0.4) is 0 Å². The van der Waals surface area contributed by atoms with Crippen molar-refractivity contribution in [2.45, 2.75) is 17.5 Å². The maximum Gasteiger partial charge on any atom is 0.393 e. The summed E-state index contributed by atoms with van der Waals surface area (Å²) >= 11 is 0. The smallest absolute Gasteiger partial charge is 0.300 e. The van der Waals surface area contributed by atoms with Gasteiger partial charge in [0.15, 0.2) is 0 Å². The van der Waals surface area contributed by atoms with Gasteiger partial charge in [0.2, 0.25) is 10.0 Å². The first kappa shape index (κ1) is 18.2. The molecule has 0 bridgehead atoms. The molecule has 136 valence electrons. The molecule has 0 aliphatic heterocycles. The van der Waals surface area contributed by atoms with E-state index in [0.717, 1.165) is 0 Å². The summed E-state index contributed by atoms with van der Waals surface area (Å²) in [5.74, 6) is 0.442. The van der Waals surface area contributed by atoms with E-state index in [1.807, 2.05) is 0 Å². The van der Waals surface area contributed by atoms with E-state index in [2.05, 4.69) is 4.98 Å². The van der Waals surface area contributed by atoms with Crippen molar-refractivity contribution in [1.29, 1.82) is 0 Å². The second kappa shape index (κ2) is 6.58. The highest BCUT2D eigenvalue weighted by molar-refractivity contribution is 7.89. The molecule has 0 saturated carbocycles. The lowest BCUT2D eigenvalue weighted by atomic mass is 10.1. The van der Waals surface area contributed by atoms with Gasteiger partial charge in [-0.05, 0) is 35.9 Å². The number of hydrogen-bond donors (Lipinski definition) is 1. The Morgan fingerprint density at radius 2 is 1.77 bits per heavy atom. The molecule has 1 aromatic heterocycles. The molecule has 0 saturated heterocycles. The molecule has 1 heterocycles. The maximum atomic E-state index is 12.6. The molecule has 0 radical (unpaired) electrons. The number of benzene rings is 2. The van der Waals surface area contributed by atoms with Crippen LogP contribution in [0.15, 0.2) is 65.8 Å². The molecule has 0 fully saturated rings. The third kappa shape index (κ3) is 4.12. The second-order valence-corrected chi connectivity index (χ2v) is 7.21. The first-order chi connectivity index (χ1) is 12.1. The molecule has 0 unspecified atom stereocenters. The molecule has 3 aromatic rings. The predicted molar refractivity (Wildman–Crippen MR) is 90.1 cm³/mol. The zero-order chi connectivity index (χ0) is 18.9. The zero-order valence-corrected chi connectivity index (χ0v) is 14.1. The van der Waals surface area contributed by atoms with E-state index < -0.39 is 22.6 Å². The number of alkyl halides is 3. The van der Waals surface area contributed by atoms with E-state index in [1.165, 1.54) is 30.5 Å². The highest BCUT2D eigenvalue weighted by Crippen LogP contribution is 2.26. The van der Waals surface area contributed by atoms with Crippen LogP contribution in [0.5, 0.6) is 0 Å². The number of primary sulfonamides is 1. The van der Waals surface area contributed by atoms with E-state index in [9.17, 15) is 21.6 Å². The van der Waals surface area contributed by atoms with Gasteiger partial charge in [0.05, 0.1) is 11.3 Å². The number of aromatic nitrogens is 2. The molecule has 3 rings (SSSR count). The molecule has 5 nitrogen and oxygen atoms in total. The largest absolute Gasteiger partial charge is 0.393 e. The Bertz CT molecular complexity index is 1030. The van der Waals surface area contributed by atoms with E-state index in [0.29, 0.717) is 17.1 Å². The Labute approximate surface area is 148 Å². The molecule has 2 aromatic carbocycles. The molecule has 0 aliphatic carbocycles. The van der Waals surface area contributed by atoms with E-state index >= 15 is 0 Å². The van der Waals surface area contributed by atoms with Gasteiger partial charge in [-0.1, -0.05) is 18.2 Å². The van der Waals surface area contributed by atoms with Crippen LogP contribution < -0.4 is 5.14 Å². The van der Waals surface area contributed by atoms with Crippen LogP contribution in [-0.2, 0) is 16.4 Å². The Balaban J connectivity index is 1.98. The average Bonchev–Trinajstić information content (AvgIpc) is 3.02. The van der Waals surface area contributed by atoms with Gasteiger partial charge < -0.3 is 0 Å². The summed E-state index contributed by atoms with van der Waals surface area (Å²) in [4.78, 5) is 4.18. The molecule has 0 amide bonds. The van der Waals surface area contributed by atoms with Gasteiger partial charge in [0, 0.05) is 23.6 Å². The van der Waals surface area contributed by atoms with Crippen molar-refractivity contribution in [1.82, 2.24) is 9.55 Å². The molecular weight excluding hydrogens is 367 g/mol. The fourth-order valence-corrected chi connectivity index (χ4v) is 3.09. The number of hydrogen-bond acceptors (Lipinski definition) is 3. The lowest BCUT2D eigenvalue weighted by molar-refractivity contribution is -0.127. The Hall–Kier alpha value is -2.65. The van der Waals surface area contributed by atoms with Gasteiger partial charge in [-0.2, -0.15) is 13.2 Å². The summed E-state index contributed by atoms with van der Waals surface area (Å²) in [6, 6.07) is 11.9. The summed E-state index contributed by atoms with van der Waals surface area (Å²) < 4.78 is 62.2. The normalized spacial score (nSPS) is 12.3. The van der Waals surface area contributed by atoms with Crippen LogP contribution in [0.25, 0.3) is 17.1 Å². The van der Waals surface area contributed by atoms with Gasteiger partial charge in [-0.15, -0.1) is 0 Å². The van der Waals surface area contributed by atoms with Crippen LogP contribution in [0.1, 0.15) is 5.56 Å². The number of sulfonamides is 1. The van der Waals surface area contributed by atoms with Crippen molar-refractivity contribution in [3.8, 4) is 17.1 Å². The summed E-state index contributed by atoms with van der Waals surface area (Å²) in [5.41, 5.74) is 1.26. The topological polar surface area (TPSA) is 78.0 Å². The number of nitrogens with two attached hydrogens (primary N) is 1. The van der Waals surface area contributed by atoms with Crippen LogP contribution >= 0.6 is 0 Å². The Kier molecular flexibility index (Phi) is 4.59. The Morgan fingerprint density at radius 1 is 1.08 bits per heavy atom. The number of imidazole rings is 1. The predicted octanol–water partition coefficient (Wildman–Crippen LogP) is 3.29. The molecule has 0 aliphatic rings. The molecular formula is C17H14F3N3O2S. The lowest BCUT2D eigenvalue weighted by Crippen LogP contribution is -2.12. The highest BCUT2D eigenvalue weighted by Gasteiger charge is 2.27. The number of halogens is 3. The minimum atomic E-state index is -4.29. The van der Waals surface area contributed by atoms with Crippen molar-refractivity contribution in [2.75, 3.05) is 0 Å². The second-order valence-electron chi connectivity index (χ2n) is 5.65. The zero-order valence-electron chi connectivity index (χ0n) is 13.3. The molecule has 26 heavy (non-hydrogen) atoms. The van der Waals surface area contributed by atoms with Crippen molar-refractivity contribution >= 4 is 10.0 Å². The van der Waals surface area contributed by atoms with E-state index in [-0.39, 0.29) is 10.5 Å². The minimum absolute atomic E-state index is 0.0323. The number of rotatable bonds is 4. The Morgan fingerprint density at radius 3 is 2.38 bits per heavy atom.